The number of methoxy groups -OCH3 is 1. The molecule has 1 N–H and O–H groups in total. The first kappa shape index (κ1) is 19.3. The predicted octanol–water partition coefficient (Wildman–Crippen LogP) is 2.34. The third-order valence-electron chi connectivity index (χ3n) is 5.18. The number of nitrogens with zero attached hydrogens (tertiary/aromatic N) is 3. The van der Waals surface area contributed by atoms with Gasteiger partial charge in [0.1, 0.15) is 5.75 Å². The van der Waals surface area contributed by atoms with Crippen LogP contribution in [0.15, 0.2) is 24.3 Å². The molecule has 1 aromatic heterocycles. The average Bonchev–Trinajstić information content (AvgIpc) is 3.02. The molecule has 0 bridgehead atoms. The molecular weight excluding hydrogens is 340 g/mol. The number of likely N-dealkylation sites (tertiary alicyclic amines) is 1. The van der Waals surface area contributed by atoms with E-state index >= 15 is 0 Å². The fraction of sp³-hybridized carbons (Fsp3) is 0.476. The second-order valence-electron chi connectivity index (χ2n) is 7.15. The summed E-state index contributed by atoms with van der Waals surface area (Å²) in [6, 6.07) is 8.18. The summed E-state index contributed by atoms with van der Waals surface area (Å²) in [5.41, 5.74) is 5.05. The molecule has 0 radical (unpaired) electrons. The highest BCUT2D eigenvalue weighted by Gasteiger charge is 2.29. The van der Waals surface area contributed by atoms with E-state index in [0.717, 1.165) is 48.0 Å². The van der Waals surface area contributed by atoms with E-state index in [2.05, 4.69) is 27.4 Å². The molecule has 0 saturated carbocycles. The SMILES string of the molecule is COc1ccc(CCN2CC(NCc3nc(C)c(C)nc3C)CC2=O)cc1. The molecule has 1 aliphatic rings. The summed E-state index contributed by atoms with van der Waals surface area (Å²) in [6.07, 6.45) is 1.39. The van der Waals surface area contributed by atoms with Gasteiger partial charge in [-0.05, 0) is 44.9 Å². The number of carbonyl (C=O) groups is 1. The summed E-state index contributed by atoms with van der Waals surface area (Å²) in [5, 5.41) is 3.48. The first-order valence-corrected chi connectivity index (χ1v) is 9.41. The molecular formula is C21H28N4O2. The summed E-state index contributed by atoms with van der Waals surface area (Å²) in [6.45, 7) is 8.06. The van der Waals surface area contributed by atoms with E-state index in [9.17, 15) is 4.79 Å². The molecule has 1 fully saturated rings. The fourth-order valence-corrected chi connectivity index (χ4v) is 3.35. The van der Waals surface area contributed by atoms with Crippen molar-refractivity contribution in [1.29, 1.82) is 0 Å². The summed E-state index contributed by atoms with van der Waals surface area (Å²) < 4.78 is 5.18. The highest BCUT2D eigenvalue weighted by molar-refractivity contribution is 5.79. The standard InChI is InChI=1S/C21H28N4O2/c1-14-15(2)24-20(16(3)23-14)12-22-18-11-21(26)25(13-18)10-9-17-5-7-19(27-4)8-6-17/h5-8,18,22H,9-13H2,1-4H3. The van der Waals surface area contributed by atoms with Crippen LogP contribution in [0.1, 0.15) is 34.8 Å². The number of aryl methyl sites for hydroxylation is 3. The Hall–Kier alpha value is -2.47. The van der Waals surface area contributed by atoms with E-state index in [1.165, 1.54) is 5.56 Å². The summed E-state index contributed by atoms with van der Waals surface area (Å²) in [5.74, 6) is 1.06. The van der Waals surface area contributed by atoms with Crippen molar-refractivity contribution < 1.29 is 9.53 Å². The lowest BCUT2D eigenvalue weighted by molar-refractivity contribution is -0.127. The lowest BCUT2D eigenvalue weighted by atomic mass is 10.1. The molecule has 0 aliphatic carbocycles. The normalized spacial score (nSPS) is 16.8. The number of hydrogen-bond donors (Lipinski definition) is 1. The van der Waals surface area contributed by atoms with Crippen molar-refractivity contribution in [2.24, 2.45) is 0 Å². The number of rotatable bonds is 7. The number of aromatic nitrogens is 2. The van der Waals surface area contributed by atoms with Gasteiger partial charge in [0.15, 0.2) is 0 Å². The smallest absolute Gasteiger partial charge is 0.224 e. The van der Waals surface area contributed by atoms with Gasteiger partial charge in [-0.2, -0.15) is 0 Å². The number of ether oxygens (including phenoxy) is 1. The Morgan fingerprint density at radius 2 is 1.81 bits per heavy atom. The fourth-order valence-electron chi connectivity index (χ4n) is 3.35. The Balaban J connectivity index is 1.50. The topological polar surface area (TPSA) is 67.3 Å². The van der Waals surface area contributed by atoms with Crippen LogP contribution in [-0.4, -0.2) is 47.0 Å². The minimum atomic E-state index is 0.163. The Morgan fingerprint density at radius 3 is 2.52 bits per heavy atom. The van der Waals surface area contributed by atoms with E-state index in [1.807, 2.05) is 37.8 Å². The molecule has 1 aliphatic heterocycles. The van der Waals surface area contributed by atoms with Gasteiger partial charge >= 0.3 is 0 Å². The molecule has 0 spiro atoms. The lowest BCUT2D eigenvalue weighted by Crippen LogP contribution is -2.33. The number of amides is 1. The van der Waals surface area contributed by atoms with Crippen LogP contribution in [0, 0.1) is 20.8 Å². The lowest BCUT2D eigenvalue weighted by Gasteiger charge is -2.17. The quantitative estimate of drug-likeness (QED) is 0.813. The zero-order valence-corrected chi connectivity index (χ0v) is 16.6. The van der Waals surface area contributed by atoms with Gasteiger partial charge in [0.25, 0.3) is 0 Å². The molecule has 3 rings (SSSR count). The van der Waals surface area contributed by atoms with E-state index in [0.29, 0.717) is 13.0 Å². The van der Waals surface area contributed by atoms with Gasteiger partial charge in [-0.25, -0.2) is 0 Å². The largest absolute Gasteiger partial charge is 0.497 e. The maximum absolute atomic E-state index is 12.3. The van der Waals surface area contributed by atoms with Crippen LogP contribution < -0.4 is 10.1 Å². The van der Waals surface area contributed by atoms with Gasteiger partial charge < -0.3 is 15.0 Å². The first-order chi connectivity index (χ1) is 13.0. The zero-order chi connectivity index (χ0) is 19.4. The molecule has 6 heteroatoms. The van der Waals surface area contributed by atoms with Crippen LogP contribution in [0.25, 0.3) is 0 Å². The van der Waals surface area contributed by atoms with E-state index in [1.54, 1.807) is 7.11 Å². The summed E-state index contributed by atoms with van der Waals surface area (Å²) in [4.78, 5) is 23.4. The van der Waals surface area contributed by atoms with Gasteiger partial charge in [0, 0.05) is 32.1 Å². The second-order valence-corrected chi connectivity index (χ2v) is 7.15. The van der Waals surface area contributed by atoms with Crippen LogP contribution >= 0.6 is 0 Å². The zero-order valence-electron chi connectivity index (χ0n) is 16.6. The third-order valence-corrected chi connectivity index (χ3v) is 5.18. The van der Waals surface area contributed by atoms with E-state index < -0.39 is 0 Å². The van der Waals surface area contributed by atoms with Crippen molar-refractivity contribution in [1.82, 2.24) is 20.2 Å². The maximum Gasteiger partial charge on any atom is 0.224 e. The molecule has 2 aromatic rings. The van der Waals surface area contributed by atoms with Crippen molar-refractivity contribution in [2.45, 2.75) is 46.2 Å². The molecule has 1 unspecified atom stereocenters. The average molecular weight is 368 g/mol. The monoisotopic (exact) mass is 368 g/mol. The number of benzene rings is 1. The predicted molar refractivity (Wildman–Crippen MR) is 105 cm³/mol. The molecule has 6 nitrogen and oxygen atoms in total. The molecule has 144 valence electrons. The van der Waals surface area contributed by atoms with Gasteiger partial charge in [-0.3, -0.25) is 14.8 Å². The second kappa shape index (κ2) is 8.48. The van der Waals surface area contributed by atoms with Crippen LogP contribution in [-0.2, 0) is 17.8 Å². The van der Waals surface area contributed by atoms with E-state index in [4.69, 9.17) is 4.74 Å². The van der Waals surface area contributed by atoms with Crippen molar-refractivity contribution in [3.8, 4) is 5.75 Å². The number of nitrogens with one attached hydrogen (secondary N) is 1. The van der Waals surface area contributed by atoms with Crippen LogP contribution in [0.4, 0.5) is 0 Å². The van der Waals surface area contributed by atoms with Crippen LogP contribution in [0.3, 0.4) is 0 Å². The summed E-state index contributed by atoms with van der Waals surface area (Å²) >= 11 is 0. The highest BCUT2D eigenvalue weighted by atomic mass is 16.5. The Bertz CT molecular complexity index is 805. The van der Waals surface area contributed by atoms with Crippen LogP contribution in [0.2, 0.25) is 0 Å². The minimum absolute atomic E-state index is 0.163. The molecule has 2 heterocycles. The minimum Gasteiger partial charge on any atom is -0.497 e. The van der Waals surface area contributed by atoms with Gasteiger partial charge in [0.05, 0.1) is 29.9 Å². The van der Waals surface area contributed by atoms with Crippen molar-refractivity contribution in [3.63, 3.8) is 0 Å². The van der Waals surface area contributed by atoms with Crippen molar-refractivity contribution >= 4 is 5.91 Å². The molecule has 1 aromatic carbocycles. The number of hydrogen-bond acceptors (Lipinski definition) is 5. The third kappa shape index (κ3) is 4.83. The van der Waals surface area contributed by atoms with Gasteiger partial charge in [-0.15, -0.1) is 0 Å². The summed E-state index contributed by atoms with van der Waals surface area (Å²) in [7, 11) is 1.66. The first-order valence-electron chi connectivity index (χ1n) is 9.41. The van der Waals surface area contributed by atoms with Crippen molar-refractivity contribution in [2.75, 3.05) is 20.2 Å². The van der Waals surface area contributed by atoms with Gasteiger partial charge in [0.2, 0.25) is 5.91 Å². The van der Waals surface area contributed by atoms with Gasteiger partial charge in [-0.1, -0.05) is 12.1 Å². The molecule has 1 saturated heterocycles. The highest BCUT2D eigenvalue weighted by Crippen LogP contribution is 2.16. The number of carbonyl (C=O) groups excluding carboxylic acids is 1. The van der Waals surface area contributed by atoms with Crippen molar-refractivity contribution in [3.05, 3.63) is 52.6 Å². The van der Waals surface area contributed by atoms with Crippen LogP contribution in [0.5, 0.6) is 5.75 Å². The maximum atomic E-state index is 12.3. The Morgan fingerprint density at radius 1 is 1.11 bits per heavy atom. The Labute approximate surface area is 161 Å². The van der Waals surface area contributed by atoms with E-state index in [-0.39, 0.29) is 11.9 Å². The molecule has 1 amide bonds. The molecule has 27 heavy (non-hydrogen) atoms. The Kier molecular flexibility index (Phi) is 6.06. The molecule has 1 atom stereocenters.